The van der Waals surface area contributed by atoms with Gasteiger partial charge in [-0.1, -0.05) is 0 Å². The second-order valence-electron chi connectivity index (χ2n) is 3.97. The highest BCUT2D eigenvalue weighted by Gasteiger charge is 2.14. The summed E-state index contributed by atoms with van der Waals surface area (Å²) in [4.78, 5) is 21.8. The number of aryl methyl sites for hydroxylation is 1. The molecule has 0 aliphatic heterocycles. The summed E-state index contributed by atoms with van der Waals surface area (Å²) >= 11 is 3.24. The molecule has 2 aromatic rings. The van der Waals surface area contributed by atoms with Gasteiger partial charge in [0.25, 0.3) is 5.91 Å². The van der Waals surface area contributed by atoms with Gasteiger partial charge in [0.05, 0.1) is 15.9 Å². The van der Waals surface area contributed by atoms with Crippen LogP contribution in [0.1, 0.15) is 10.5 Å². The van der Waals surface area contributed by atoms with E-state index in [9.17, 15) is 14.9 Å². The molecule has 20 heavy (non-hydrogen) atoms. The average molecular weight is 343 g/mol. The van der Waals surface area contributed by atoms with Gasteiger partial charge >= 0.3 is 5.69 Å². The van der Waals surface area contributed by atoms with Crippen molar-refractivity contribution in [1.29, 1.82) is 0 Å². The topological polar surface area (TPSA) is 108 Å². The fraction of sp³-hybridized carbons (Fsp3) is 0.300. The number of nitro groups is 1. The third-order valence-corrected chi connectivity index (χ3v) is 3.04. The van der Waals surface area contributed by atoms with Crippen LogP contribution in [0.2, 0.25) is 0 Å². The molecule has 0 bridgehead atoms. The number of carbonyl (C=O) groups is 1. The van der Waals surface area contributed by atoms with Crippen LogP contribution in [0.5, 0.6) is 0 Å². The van der Waals surface area contributed by atoms with Gasteiger partial charge in [-0.3, -0.25) is 24.3 Å². The quantitative estimate of drug-likeness (QED) is 0.636. The van der Waals surface area contributed by atoms with Crippen LogP contribution in [0.3, 0.4) is 0 Å². The number of aromatic nitrogens is 4. The van der Waals surface area contributed by atoms with Gasteiger partial charge in [0, 0.05) is 19.8 Å². The first-order valence-corrected chi connectivity index (χ1v) is 6.41. The predicted molar refractivity (Wildman–Crippen MR) is 72.1 cm³/mol. The van der Waals surface area contributed by atoms with E-state index in [0.29, 0.717) is 23.3 Å². The summed E-state index contributed by atoms with van der Waals surface area (Å²) in [6, 6.07) is 0. The minimum absolute atomic E-state index is 0.0798. The molecule has 0 aliphatic carbocycles. The van der Waals surface area contributed by atoms with Crippen LogP contribution in [0.25, 0.3) is 0 Å². The number of rotatable bonds is 5. The molecule has 0 aromatic carbocycles. The zero-order valence-electron chi connectivity index (χ0n) is 10.5. The van der Waals surface area contributed by atoms with Gasteiger partial charge in [-0.05, 0) is 15.9 Å². The summed E-state index contributed by atoms with van der Waals surface area (Å²) in [6.45, 7) is 0.630. The van der Waals surface area contributed by atoms with E-state index in [1.807, 2.05) is 0 Å². The highest BCUT2D eigenvalue weighted by atomic mass is 79.9. The molecular weight excluding hydrogens is 332 g/mol. The van der Waals surface area contributed by atoms with Crippen molar-refractivity contribution in [2.45, 2.75) is 6.54 Å². The van der Waals surface area contributed by atoms with Crippen LogP contribution in [-0.2, 0) is 13.6 Å². The van der Waals surface area contributed by atoms with E-state index in [0.717, 1.165) is 6.20 Å². The van der Waals surface area contributed by atoms with Crippen LogP contribution < -0.4 is 5.32 Å². The Kier molecular flexibility index (Phi) is 4.13. The molecule has 0 radical (unpaired) electrons. The summed E-state index contributed by atoms with van der Waals surface area (Å²) < 4.78 is 3.52. The molecule has 10 heteroatoms. The van der Waals surface area contributed by atoms with Gasteiger partial charge in [-0.15, -0.1) is 0 Å². The summed E-state index contributed by atoms with van der Waals surface area (Å²) in [5.74, 6) is -0.320. The normalized spacial score (nSPS) is 10.5. The SMILES string of the molecule is Cn1cc(Br)c(C(=O)NCCn2cc([N+](=O)[O-])cn2)n1. The molecule has 0 atom stereocenters. The average Bonchev–Trinajstić information content (AvgIpc) is 2.96. The molecule has 2 aromatic heterocycles. The Balaban J connectivity index is 1.87. The summed E-state index contributed by atoms with van der Waals surface area (Å²) in [7, 11) is 1.71. The van der Waals surface area contributed by atoms with Crippen molar-refractivity contribution in [2.75, 3.05) is 6.54 Å². The van der Waals surface area contributed by atoms with E-state index < -0.39 is 4.92 Å². The van der Waals surface area contributed by atoms with Gasteiger partial charge in [-0.2, -0.15) is 10.2 Å². The Morgan fingerprint density at radius 2 is 2.30 bits per heavy atom. The maximum Gasteiger partial charge on any atom is 0.306 e. The first kappa shape index (κ1) is 14.2. The predicted octanol–water partition coefficient (Wildman–Crippen LogP) is 0.717. The number of nitrogens with zero attached hydrogens (tertiary/aromatic N) is 5. The first-order chi connectivity index (χ1) is 9.47. The number of hydrogen-bond donors (Lipinski definition) is 1. The molecule has 0 unspecified atom stereocenters. The van der Waals surface area contributed by atoms with E-state index in [2.05, 4.69) is 31.4 Å². The molecule has 2 rings (SSSR count). The largest absolute Gasteiger partial charge is 0.349 e. The lowest BCUT2D eigenvalue weighted by atomic mass is 10.4. The third-order valence-electron chi connectivity index (χ3n) is 2.46. The maximum atomic E-state index is 11.8. The van der Waals surface area contributed by atoms with Crippen molar-refractivity contribution in [3.63, 3.8) is 0 Å². The Hall–Kier alpha value is -2.23. The van der Waals surface area contributed by atoms with Crippen LogP contribution in [-0.4, -0.2) is 36.9 Å². The van der Waals surface area contributed by atoms with Crippen molar-refractivity contribution in [3.8, 4) is 0 Å². The summed E-state index contributed by atoms with van der Waals surface area (Å²) in [6.07, 6.45) is 4.14. The van der Waals surface area contributed by atoms with Crippen LogP contribution >= 0.6 is 15.9 Å². The molecule has 2 heterocycles. The van der Waals surface area contributed by atoms with Crippen LogP contribution in [0, 0.1) is 10.1 Å². The molecule has 1 amide bonds. The minimum Gasteiger partial charge on any atom is -0.349 e. The van der Waals surface area contributed by atoms with Crippen molar-refractivity contribution < 1.29 is 9.72 Å². The number of carbonyl (C=O) groups excluding carboxylic acids is 1. The molecule has 0 fully saturated rings. The lowest BCUT2D eigenvalue weighted by Gasteiger charge is -2.03. The molecule has 0 saturated heterocycles. The number of nitrogens with one attached hydrogen (secondary N) is 1. The number of halogens is 1. The van der Waals surface area contributed by atoms with E-state index in [4.69, 9.17) is 0 Å². The monoisotopic (exact) mass is 342 g/mol. The van der Waals surface area contributed by atoms with Crippen molar-refractivity contribution in [3.05, 3.63) is 38.9 Å². The van der Waals surface area contributed by atoms with E-state index in [1.54, 1.807) is 13.2 Å². The Bertz CT molecular complexity index is 649. The van der Waals surface area contributed by atoms with E-state index in [-0.39, 0.29) is 11.6 Å². The minimum atomic E-state index is -0.521. The molecule has 1 N–H and O–H groups in total. The zero-order valence-corrected chi connectivity index (χ0v) is 12.1. The molecule has 106 valence electrons. The zero-order chi connectivity index (χ0) is 14.7. The number of hydrogen-bond acceptors (Lipinski definition) is 5. The van der Waals surface area contributed by atoms with E-state index in [1.165, 1.54) is 15.6 Å². The van der Waals surface area contributed by atoms with Gasteiger partial charge in [0.2, 0.25) is 0 Å². The Labute approximate surface area is 121 Å². The molecular formula is C10H11BrN6O3. The first-order valence-electron chi connectivity index (χ1n) is 5.61. The third kappa shape index (κ3) is 3.20. The Morgan fingerprint density at radius 1 is 1.55 bits per heavy atom. The lowest BCUT2D eigenvalue weighted by Crippen LogP contribution is -2.28. The molecule has 9 nitrogen and oxygen atoms in total. The fourth-order valence-electron chi connectivity index (χ4n) is 1.55. The van der Waals surface area contributed by atoms with Gasteiger partial charge in [-0.25, -0.2) is 0 Å². The van der Waals surface area contributed by atoms with Crippen molar-refractivity contribution in [1.82, 2.24) is 24.9 Å². The van der Waals surface area contributed by atoms with Crippen molar-refractivity contribution >= 4 is 27.5 Å². The summed E-state index contributed by atoms with van der Waals surface area (Å²) in [5.41, 5.74) is 0.211. The highest BCUT2D eigenvalue weighted by molar-refractivity contribution is 9.10. The van der Waals surface area contributed by atoms with Gasteiger partial charge in [0.15, 0.2) is 5.69 Å². The van der Waals surface area contributed by atoms with E-state index >= 15 is 0 Å². The fourth-order valence-corrected chi connectivity index (χ4v) is 2.11. The molecule has 0 saturated carbocycles. The second-order valence-corrected chi connectivity index (χ2v) is 4.83. The maximum absolute atomic E-state index is 11.8. The number of amides is 1. The lowest BCUT2D eigenvalue weighted by molar-refractivity contribution is -0.385. The second kappa shape index (κ2) is 5.82. The summed E-state index contributed by atoms with van der Waals surface area (Å²) in [5, 5.41) is 21.0. The van der Waals surface area contributed by atoms with Crippen LogP contribution in [0.15, 0.2) is 23.1 Å². The molecule has 0 spiro atoms. The standard InChI is InChI=1S/C10H11BrN6O3/c1-15-6-8(11)9(14-15)10(18)12-2-3-16-5-7(4-13-16)17(19)20/h4-6H,2-3H2,1H3,(H,12,18). The van der Waals surface area contributed by atoms with Gasteiger partial charge in [0.1, 0.15) is 12.4 Å². The smallest absolute Gasteiger partial charge is 0.306 e. The van der Waals surface area contributed by atoms with Gasteiger partial charge < -0.3 is 5.32 Å². The van der Waals surface area contributed by atoms with Crippen molar-refractivity contribution in [2.24, 2.45) is 7.05 Å². The Morgan fingerprint density at radius 3 is 2.85 bits per heavy atom. The highest BCUT2D eigenvalue weighted by Crippen LogP contribution is 2.13. The van der Waals surface area contributed by atoms with Crippen LogP contribution in [0.4, 0.5) is 5.69 Å². The molecule has 0 aliphatic rings.